The molecule has 0 bridgehead atoms. The first kappa shape index (κ1) is 12.0. The van der Waals surface area contributed by atoms with Gasteiger partial charge in [0, 0.05) is 18.7 Å². The number of rotatable bonds is 4. The van der Waals surface area contributed by atoms with Gasteiger partial charge in [-0.25, -0.2) is 9.37 Å². The number of aryl methyl sites for hydroxylation is 1. The normalized spacial score (nSPS) is 11.0. The fourth-order valence-electron chi connectivity index (χ4n) is 1.42. The van der Waals surface area contributed by atoms with Crippen molar-refractivity contribution in [2.24, 2.45) is 12.2 Å². The van der Waals surface area contributed by atoms with Crippen molar-refractivity contribution in [1.82, 2.24) is 14.8 Å². The Morgan fingerprint density at radius 1 is 1.50 bits per heavy atom. The molecule has 94 valence electrons. The first-order valence-corrected chi connectivity index (χ1v) is 5.13. The topological polar surface area (TPSA) is 72.5 Å². The third-order valence-electron chi connectivity index (χ3n) is 2.35. The molecule has 2 aromatic rings. The molecule has 2 heterocycles. The lowest BCUT2D eigenvalue weighted by molar-refractivity contribution is 0.282. The minimum atomic E-state index is -0.420. The summed E-state index contributed by atoms with van der Waals surface area (Å²) in [5.74, 6) is -0.111. The van der Waals surface area contributed by atoms with Crippen LogP contribution in [0.25, 0.3) is 0 Å². The van der Waals surface area contributed by atoms with Gasteiger partial charge in [0.1, 0.15) is 12.4 Å². The molecule has 0 saturated carbocycles. The molecular formula is C11H11FN4O2. The first-order chi connectivity index (χ1) is 8.70. The Labute approximate surface area is 102 Å². The number of aromatic nitrogens is 3. The lowest BCUT2D eigenvalue weighted by Crippen LogP contribution is -2.06. The van der Waals surface area contributed by atoms with Crippen molar-refractivity contribution in [2.75, 3.05) is 0 Å². The molecule has 2 aromatic heterocycles. The molecule has 7 heteroatoms. The van der Waals surface area contributed by atoms with E-state index in [1.165, 1.54) is 18.3 Å². The van der Waals surface area contributed by atoms with E-state index < -0.39 is 5.82 Å². The summed E-state index contributed by atoms with van der Waals surface area (Å²) < 4.78 is 19.6. The van der Waals surface area contributed by atoms with Crippen molar-refractivity contribution in [1.29, 1.82) is 0 Å². The van der Waals surface area contributed by atoms with E-state index in [4.69, 9.17) is 9.94 Å². The second-order valence-corrected chi connectivity index (χ2v) is 3.52. The van der Waals surface area contributed by atoms with Crippen LogP contribution in [0.5, 0.6) is 5.88 Å². The van der Waals surface area contributed by atoms with Gasteiger partial charge in [-0.3, -0.25) is 4.68 Å². The Bertz CT molecular complexity index is 551. The molecule has 0 aliphatic carbocycles. The zero-order valence-corrected chi connectivity index (χ0v) is 9.62. The van der Waals surface area contributed by atoms with Gasteiger partial charge in [0.05, 0.1) is 24.3 Å². The largest absolute Gasteiger partial charge is 0.471 e. The summed E-state index contributed by atoms with van der Waals surface area (Å²) in [6, 6.07) is 2.70. The number of pyridine rings is 1. The van der Waals surface area contributed by atoms with Gasteiger partial charge in [-0.2, -0.15) is 5.10 Å². The maximum atomic E-state index is 12.7. The summed E-state index contributed by atoms with van der Waals surface area (Å²) in [5, 5.41) is 15.5. The summed E-state index contributed by atoms with van der Waals surface area (Å²) in [7, 11) is 1.74. The van der Waals surface area contributed by atoms with Gasteiger partial charge in [-0.05, 0) is 6.07 Å². The predicted molar refractivity (Wildman–Crippen MR) is 61.1 cm³/mol. The van der Waals surface area contributed by atoms with Crippen LogP contribution in [0.1, 0.15) is 11.3 Å². The predicted octanol–water partition coefficient (Wildman–Crippen LogP) is 1.34. The average molecular weight is 250 g/mol. The van der Waals surface area contributed by atoms with Gasteiger partial charge < -0.3 is 9.94 Å². The smallest absolute Gasteiger partial charge is 0.213 e. The standard InChI is InChI=1S/C11H11FN4O2/c1-16-10(8(4-14-16)5-15-17)7-18-11-3-2-9(12)6-13-11/h2-6,17H,7H2,1H3/b15-5+. The number of ether oxygens (including phenoxy) is 1. The van der Waals surface area contributed by atoms with Crippen molar-refractivity contribution < 1.29 is 14.3 Å². The Balaban J connectivity index is 2.10. The van der Waals surface area contributed by atoms with Crippen LogP contribution >= 0.6 is 0 Å². The van der Waals surface area contributed by atoms with Crippen LogP contribution in [0.4, 0.5) is 4.39 Å². The zero-order chi connectivity index (χ0) is 13.0. The summed E-state index contributed by atoms with van der Waals surface area (Å²) in [5.41, 5.74) is 1.36. The summed E-state index contributed by atoms with van der Waals surface area (Å²) in [6.07, 6.45) is 3.90. The van der Waals surface area contributed by atoms with Gasteiger partial charge in [-0.1, -0.05) is 5.16 Å². The highest BCUT2D eigenvalue weighted by molar-refractivity contribution is 5.80. The number of nitrogens with zero attached hydrogens (tertiary/aromatic N) is 4. The maximum Gasteiger partial charge on any atom is 0.213 e. The molecule has 0 atom stereocenters. The van der Waals surface area contributed by atoms with Crippen molar-refractivity contribution in [3.8, 4) is 5.88 Å². The number of halogens is 1. The van der Waals surface area contributed by atoms with Crippen LogP contribution in [0.3, 0.4) is 0 Å². The van der Waals surface area contributed by atoms with Gasteiger partial charge in [0.2, 0.25) is 5.88 Å². The first-order valence-electron chi connectivity index (χ1n) is 5.13. The quantitative estimate of drug-likeness (QED) is 0.505. The third kappa shape index (κ3) is 2.62. The van der Waals surface area contributed by atoms with Crippen LogP contribution in [0.15, 0.2) is 29.7 Å². The van der Waals surface area contributed by atoms with E-state index in [9.17, 15) is 4.39 Å². The van der Waals surface area contributed by atoms with Crippen molar-refractivity contribution in [3.63, 3.8) is 0 Å². The van der Waals surface area contributed by atoms with E-state index >= 15 is 0 Å². The number of hydrogen-bond donors (Lipinski definition) is 1. The highest BCUT2D eigenvalue weighted by Gasteiger charge is 2.08. The molecule has 2 rings (SSSR count). The van der Waals surface area contributed by atoms with Gasteiger partial charge >= 0.3 is 0 Å². The van der Waals surface area contributed by atoms with E-state index in [0.717, 1.165) is 11.9 Å². The lowest BCUT2D eigenvalue weighted by atomic mass is 10.3. The van der Waals surface area contributed by atoms with E-state index in [2.05, 4.69) is 15.2 Å². The highest BCUT2D eigenvalue weighted by atomic mass is 19.1. The Hall–Kier alpha value is -2.44. The fraction of sp³-hybridized carbons (Fsp3) is 0.182. The van der Waals surface area contributed by atoms with E-state index in [0.29, 0.717) is 11.4 Å². The minimum Gasteiger partial charge on any atom is -0.471 e. The number of hydrogen-bond acceptors (Lipinski definition) is 5. The van der Waals surface area contributed by atoms with Crippen molar-refractivity contribution in [3.05, 3.63) is 41.6 Å². The van der Waals surface area contributed by atoms with Gasteiger partial charge in [-0.15, -0.1) is 0 Å². The highest BCUT2D eigenvalue weighted by Crippen LogP contribution is 2.11. The van der Waals surface area contributed by atoms with Crippen LogP contribution in [0.2, 0.25) is 0 Å². The second-order valence-electron chi connectivity index (χ2n) is 3.52. The Morgan fingerprint density at radius 3 is 3.00 bits per heavy atom. The van der Waals surface area contributed by atoms with Crippen LogP contribution in [0, 0.1) is 5.82 Å². The van der Waals surface area contributed by atoms with E-state index in [1.807, 2.05) is 0 Å². The monoisotopic (exact) mass is 250 g/mol. The summed E-state index contributed by atoms with van der Waals surface area (Å²) in [6.45, 7) is 0.191. The lowest BCUT2D eigenvalue weighted by Gasteiger charge is -2.06. The van der Waals surface area contributed by atoms with Crippen LogP contribution in [-0.2, 0) is 13.7 Å². The van der Waals surface area contributed by atoms with Crippen molar-refractivity contribution in [2.45, 2.75) is 6.61 Å². The molecule has 0 aliphatic rings. The molecular weight excluding hydrogens is 239 g/mol. The van der Waals surface area contributed by atoms with Crippen LogP contribution < -0.4 is 4.74 Å². The zero-order valence-electron chi connectivity index (χ0n) is 9.62. The fourth-order valence-corrected chi connectivity index (χ4v) is 1.42. The van der Waals surface area contributed by atoms with Crippen LogP contribution in [-0.4, -0.2) is 26.2 Å². The summed E-state index contributed by atoms with van der Waals surface area (Å²) >= 11 is 0. The molecule has 1 N–H and O–H groups in total. The van der Waals surface area contributed by atoms with E-state index in [1.54, 1.807) is 17.9 Å². The molecule has 0 saturated heterocycles. The molecule has 18 heavy (non-hydrogen) atoms. The van der Waals surface area contributed by atoms with E-state index in [-0.39, 0.29) is 6.61 Å². The molecule has 0 spiro atoms. The molecule has 0 amide bonds. The minimum absolute atomic E-state index is 0.191. The van der Waals surface area contributed by atoms with Gasteiger partial charge in [0.15, 0.2) is 0 Å². The van der Waals surface area contributed by atoms with Gasteiger partial charge in [0.25, 0.3) is 0 Å². The molecule has 0 aromatic carbocycles. The maximum absolute atomic E-state index is 12.7. The Morgan fingerprint density at radius 2 is 2.33 bits per heavy atom. The molecule has 0 fully saturated rings. The Kier molecular flexibility index (Phi) is 3.52. The molecule has 6 nitrogen and oxygen atoms in total. The third-order valence-corrected chi connectivity index (χ3v) is 2.35. The SMILES string of the molecule is Cn1ncc(/C=N/O)c1COc1ccc(F)cn1. The second kappa shape index (κ2) is 5.26. The molecule has 0 aliphatic heterocycles. The number of oxime groups is 1. The molecule has 0 unspecified atom stereocenters. The summed E-state index contributed by atoms with van der Waals surface area (Å²) in [4.78, 5) is 3.77. The van der Waals surface area contributed by atoms with Crippen molar-refractivity contribution >= 4 is 6.21 Å². The average Bonchev–Trinajstić information content (AvgIpc) is 2.71. The molecule has 0 radical (unpaired) electrons.